The molecule has 3 aromatic heterocycles. The van der Waals surface area contributed by atoms with Crippen LogP contribution in [0.2, 0.25) is 0 Å². The quantitative estimate of drug-likeness (QED) is 0.629. The standard InChI is InChI=1S/C17H19N5O2S/c1-3-5-13-11(4-2)10-14(25-13)16(23)20-21-17-19-15(22-24-17)12-6-8-18-9-7-12/h6-10H,3-5H2,1-2H3,(H,20,23)(H,19,21,22). The molecule has 3 heterocycles. The summed E-state index contributed by atoms with van der Waals surface area (Å²) < 4.78 is 5.09. The summed E-state index contributed by atoms with van der Waals surface area (Å²) in [7, 11) is 0. The maximum atomic E-state index is 12.3. The Balaban J connectivity index is 1.64. The number of pyridine rings is 1. The maximum Gasteiger partial charge on any atom is 0.340 e. The zero-order chi connectivity index (χ0) is 17.6. The van der Waals surface area contributed by atoms with Crippen LogP contribution in [0.25, 0.3) is 11.4 Å². The van der Waals surface area contributed by atoms with Gasteiger partial charge in [0.25, 0.3) is 5.91 Å². The molecule has 3 aromatic rings. The van der Waals surface area contributed by atoms with Crippen molar-refractivity contribution in [1.82, 2.24) is 20.6 Å². The van der Waals surface area contributed by atoms with Crippen LogP contribution in [0.5, 0.6) is 0 Å². The lowest BCUT2D eigenvalue weighted by atomic mass is 10.1. The predicted molar refractivity (Wildman–Crippen MR) is 96.3 cm³/mol. The molecule has 25 heavy (non-hydrogen) atoms. The fraction of sp³-hybridized carbons (Fsp3) is 0.294. The molecule has 1 amide bonds. The molecule has 0 aliphatic heterocycles. The predicted octanol–water partition coefficient (Wildman–Crippen LogP) is 3.46. The van der Waals surface area contributed by atoms with Crippen LogP contribution in [0.3, 0.4) is 0 Å². The number of nitrogens with zero attached hydrogens (tertiary/aromatic N) is 3. The van der Waals surface area contributed by atoms with E-state index in [1.54, 1.807) is 24.5 Å². The highest BCUT2D eigenvalue weighted by Gasteiger charge is 2.14. The van der Waals surface area contributed by atoms with Gasteiger partial charge in [-0.3, -0.25) is 15.2 Å². The fourth-order valence-electron chi connectivity index (χ4n) is 2.38. The van der Waals surface area contributed by atoms with Crippen LogP contribution in [0.1, 0.15) is 40.4 Å². The van der Waals surface area contributed by atoms with E-state index >= 15 is 0 Å². The number of nitrogens with one attached hydrogen (secondary N) is 2. The van der Waals surface area contributed by atoms with Crippen LogP contribution in [0.4, 0.5) is 6.01 Å². The third kappa shape index (κ3) is 4.03. The largest absolute Gasteiger partial charge is 0.340 e. The average Bonchev–Trinajstić information content (AvgIpc) is 3.28. The highest BCUT2D eigenvalue weighted by atomic mass is 32.1. The second-order valence-electron chi connectivity index (χ2n) is 5.40. The first-order chi connectivity index (χ1) is 12.2. The van der Waals surface area contributed by atoms with Gasteiger partial charge in [-0.2, -0.15) is 4.98 Å². The van der Waals surface area contributed by atoms with Crippen molar-refractivity contribution in [2.45, 2.75) is 33.1 Å². The van der Waals surface area contributed by atoms with Crippen molar-refractivity contribution in [1.29, 1.82) is 0 Å². The number of hydrogen-bond acceptors (Lipinski definition) is 7. The second kappa shape index (κ2) is 7.89. The summed E-state index contributed by atoms with van der Waals surface area (Å²) in [5.74, 6) is 0.208. The zero-order valence-electron chi connectivity index (χ0n) is 14.1. The summed E-state index contributed by atoms with van der Waals surface area (Å²) in [5.41, 5.74) is 7.28. The summed E-state index contributed by atoms with van der Waals surface area (Å²) in [5, 5.41) is 3.87. The Morgan fingerprint density at radius 2 is 2.08 bits per heavy atom. The first-order valence-corrected chi connectivity index (χ1v) is 8.95. The van der Waals surface area contributed by atoms with Crippen molar-refractivity contribution in [3.05, 3.63) is 45.9 Å². The molecule has 2 N–H and O–H groups in total. The third-order valence-corrected chi connectivity index (χ3v) is 4.86. The molecule has 0 atom stereocenters. The van der Waals surface area contributed by atoms with Crippen LogP contribution in [0, 0.1) is 0 Å². The summed E-state index contributed by atoms with van der Waals surface area (Å²) >= 11 is 1.53. The van der Waals surface area contributed by atoms with Gasteiger partial charge in [-0.25, -0.2) is 5.43 Å². The van der Waals surface area contributed by atoms with E-state index in [-0.39, 0.29) is 11.9 Å². The molecule has 0 unspecified atom stereocenters. The second-order valence-corrected chi connectivity index (χ2v) is 6.54. The Morgan fingerprint density at radius 3 is 2.80 bits per heavy atom. The van der Waals surface area contributed by atoms with Gasteiger partial charge in [-0.1, -0.05) is 25.4 Å². The lowest BCUT2D eigenvalue weighted by Crippen LogP contribution is -2.28. The normalized spacial score (nSPS) is 10.6. The van der Waals surface area contributed by atoms with Gasteiger partial charge >= 0.3 is 6.01 Å². The minimum absolute atomic E-state index is 0.126. The molecule has 7 nitrogen and oxygen atoms in total. The maximum absolute atomic E-state index is 12.3. The Kier molecular flexibility index (Phi) is 5.39. The van der Waals surface area contributed by atoms with E-state index < -0.39 is 0 Å². The number of amides is 1. The van der Waals surface area contributed by atoms with Gasteiger partial charge in [-0.15, -0.1) is 11.3 Å². The number of thiophene rings is 1. The molecule has 0 aliphatic carbocycles. The fourth-order valence-corrected chi connectivity index (χ4v) is 3.63. The zero-order valence-corrected chi connectivity index (χ0v) is 14.9. The minimum atomic E-state index is -0.217. The van der Waals surface area contributed by atoms with Crippen LogP contribution in [0.15, 0.2) is 35.1 Å². The number of aryl methyl sites for hydroxylation is 2. The highest BCUT2D eigenvalue weighted by molar-refractivity contribution is 7.14. The summed E-state index contributed by atoms with van der Waals surface area (Å²) in [6.07, 6.45) is 6.28. The lowest BCUT2D eigenvalue weighted by Gasteiger charge is -2.01. The molecule has 0 fully saturated rings. The summed E-state index contributed by atoms with van der Waals surface area (Å²) in [4.78, 5) is 22.4. The smallest absolute Gasteiger partial charge is 0.313 e. The molecule has 0 saturated heterocycles. The molecule has 0 saturated carbocycles. The third-order valence-electron chi connectivity index (χ3n) is 3.63. The Labute approximate surface area is 149 Å². The van der Waals surface area contributed by atoms with E-state index in [4.69, 9.17) is 4.52 Å². The minimum Gasteiger partial charge on any atom is -0.313 e. The molecule has 0 aromatic carbocycles. The number of aromatic nitrogens is 3. The highest BCUT2D eigenvalue weighted by Crippen LogP contribution is 2.24. The Bertz CT molecular complexity index is 844. The van der Waals surface area contributed by atoms with Gasteiger partial charge in [0.1, 0.15) is 0 Å². The Hall–Kier alpha value is -2.74. The van der Waals surface area contributed by atoms with Gasteiger partial charge in [-0.05, 0) is 36.6 Å². The van der Waals surface area contributed by atoms with Crippen molar-refractivity contribution in [2.24, 2.45) is 0 Å². The van der Waals surface area contributed by atoms with Crippen molar-refractivity contribution in [2.75, 3.05) is 5.43 Å². The van der Waals surface area contributed by atoms with Gasteiger partial charge in [0.2, 0.25) is 5.82 Å². The molecule has 0 radical (unpaired) electrons. The van der Waals surface area contributed by atoms with E-state index in [9.17, 15) is 4.79 Å². The van der Waals surface area contributed by atoms with Crippen molar-refractivity contribution in [3.8, 4) is 11.4 Å². The molecule has 0 spiro atoms. The number of hydrazine groups is 1. The van der Waals surface area contributed by atoms with E-state index in [0.29, 0.717) is 10.7 Å². The van der Waals surface area contributed by atoms with Crippen molar-refractivity contribution in [3.63, 3.8) is 0 Å². The molecular formula is C17H19N5O2S. The van der Waals surface area contributed by atoms with Gasteiger partial charge < -0.3 is 4.52 Å². The average molecular weight is 357 g/mol. The van der Waals surface area contributed by atoms with Crippen LogP contribution in [-0.4, -0.2) is 21.0 Å². The number of anilines is 1. The molecule has 0 aliphatic rings. The SMILES string of the molecule is CCCc1sc(C(=O)NNc2nc(-c3ccncc3)no2)cc1CC. The summed E-state index contributed by atoms with van der Waals surface area (Å²) in [6.45, 7) is 4.23. The number of rotatable bonds is 7. The van der Waals surface area contributed by atoms with E-state index in [0.717, 1.165) is 24.8 Å². The number of carbonyl (C=O) groups excluding carboxylic acids is 1. The monoisotopic (exact) mass is 357 g/mol. The topological polar surface area (TPSA) is 92.9 Å². The van der Waals surface area contributed by atoms with Crippen LogP contribution >= 0.6 is 11.3 Å². The first kappa shape index (κ1) is 17.1. The number of carbonyl (C=O) groups is 1. The molecular weight excluding hydrogens is 338 g/mol. The lowest BCUT2D eigenvalue weighted by molar-refractivity contribution is 0.0965. The van der Waals surface area contributed by atoms with Crippen molar-refractivity contribution < 1.29 is 9.32 Å². The van der Waals surface area contributed by atoms with E-state index in [2.05, 4.69) is 39.8 Å². The number of hydrogen-bond donors (Lipinski definition) is 2. The molecule has 130 valence electrons. The first-order valence-electron chi connectivity index (χ1n) is 8.13. The van der Waals surface area contributed by atoms with Gasteiger partial charge in [0, 0.05) is 22.8 Å². The van der Waals surface area contributed by atoms with Gasteiger partial charge in [0.15, 0.2) is 0 Å². The Morgan fingerprint density at radius 1 is 1.28 bits per heavy atom. The van der Waals surface area contributed by atoms with Crippen LogP contribution in [-0.2, 0) is 12.8 Å². The van der Waals surface area contributed by atoms with Gasteiger partial charge in [0.05, 0.1) is 4.88 Å². The van der Waals surface area contributed by atoms with Crippen molar-refractivity contribution >= 4 is 23.3 Å². The van der Waals surface area contributed by atoms with Crippen LogP contribution < -0.4 is 10.9 Å². The molecule has 3 rings (SSSR count). The molecule has 0 bridgehead atoms. The summed E-state index contributed by atoms with van der Waals surface area (Å²) in [6, 6.07) is 5.63. The molecule has 8 heteroatoms. The van der Waals surface area contributed by atoms with E-state index in [1.807, 2.05) is 6.07 Å². The van der Waals surface area contributed by atoms with E-state index in [1.165, 1.54) is 21.8 Å².